The minimum atomic E-state index is 0.110. The van der Waals surface area contributed by atoms with Crippen molar-refractivity contribution >= 4 is 5.91 Å². The van der Waals surface area contributed by atoms with Crippen molar-refractivity contribution in [2.45, 2.75) is 33.2 Å². The molecule has 0 aromatic carbocycles. The summed E-state index contributed by atoms with van der Waals surface area (Å²) >= 11 is 0. The molecule has 1 aliphatic heterocycles. The van der Waals surface area contributed by atoms with Crippen molar-refractivity contribution in [1.29, 1.82) is 0 Å². The van der Waals surface area contributed by atoms with Crippen molar-refractivity contribution in [1.82, 2.24) is 19.6 Å². The van der Waals surface area contributed by atoms with Gasteiger partial charge < -0.3 is 10.6 Å². The maximum absolute atomic E-state index is 12.7. The van der Waals surface area contributed by atoms with Crippen LogP contribution in [0.25, 0.3) is 0 Å². The SMILES string of the molecule is CCC(CN)N1CCN(C(=O)c2c(C)nn(C)c2C)CC1. The molecule has 1 unspecified atom stereocenters. The Labute approximate surface area is 126 Å². The second kappa shape index (κ2) is 6.58. The molecule has 2 N–H and O–H groups in total. The lowest BCUT2D eigenvalue weighted by Gasteiger charge is -2.38. The predicted molar refractivity (Wildman–Crippen MR) is 83.3 cm³/mol. The Hall–Kier alpha value is -1.40. The van der Waals surface area contributed by atoms with Gasteiger partial charge in [-0.05, 0) is 20.3 Å². The third kappa shape index (κ3) is 3.11. The van der Waals surface area contributed by atoms with Gasteiger partial charge in [-0.2, -0.15) is 5.10 Å². The molecule has 1 saturated heterocycles. The molecule has 2 heterocycles. The van der Waals surface area contributed by atoms with Crippen LogP contribution in [0.5, 0.6) is 0 Å². The monoisotopic (exact) mass is 293 g/mol. The average Bonchev–Trinajstić information content (AvgIpc) is 2.73. The summed E-state index contributed by atoms with van der Waals surface area (Å²) in [4.78, 5) is 17.0. The molecule has 6 nitrogen and oxygen atoms in total. The Morgan fingerprint density at radius 3 is 2.33 bits per heavy atom. The molecule has 118 valence electrons. The maximum atomic E-state index is 12.7. The molecule has 0 spiro atoms. The lowest BCUT2D eigenvalue weighted by molar-refractivity contribution is 0.0570. The number of rotatable bonds is 4. The summed E-state index contributed by atoms with van der Waals surface area (Å²) in [6.45, 7) is 10.0. The van der Waals surface area contributed by atoms with E-state index >= 15 is 0 Å². The number of hydrogen-bond donors (Lipinski definition) is 1. The van der Waals surface area contributed by atoms with E-state index in [4.69, 9.17) is 5.73 Å². The van der Waals surface area contributed by atoms with Gasteiger partial charge in [0.1, 0.15) is 0 Å². The minimum Gasteiger partial charge on any atom is -0.336 e. The van der Waals surface area contributed by atoms with Crippen LogP contribution < -0.4 is 5.73 Å². The van der Waals surface area contributed by atoms with Gasteiger partial charge in [-0.25, -0.2) is 0 Å². The van der Waals surface area contributed by atoms with E-state index < -0.39 is 0 Å². The molecule has 1 aliphatic rings. The van der Waals surface area contributed by atoms with Crippen LogP contribution in [0.1, 0.15) is 35.1 Å². The van der Waals surface area contributed by atoms with Crippen LogP contribution >= 0.6 is 0 Å². The zero-order valence-corrected chi connectivity index (χ0v) is 13.6. The molecule has 1 fully saturated rings. The Balaban J connectivity index is 2.03. The van der Waals surface area contributed by atoms with Crippen molar-refractivity contribution < 1.29 is 4.79 Å². The molecular formula is C15H27N5O. The summed E-state index contributed by atoms with van der Waals surface area (Å²) in [5, 5.41) is 4.34. The molecule has 0 bridgehead atoms. The van der Waals surface area contributed by atoms with Gasteiger partial charge in [-0.15, -0.1) is 0 Å². The van der Waals surface area contributed by atoms with Gasteiger partial charge in [0.25, 0.3) is 5.91 Å². The highest BCUT2D eigenvalue weighted by Crippen LogP contribution is 2.17. The van der Waals surface area contributed by atoms with Crippen LogP contribution in [0.15, 0.2) is 0 Å². The Morgan fingerprint density at radius 1 is 1.29 bits per heavy atom. The summed E-state index contributed by atoms with van der Waals surface area (Å²) < 4.78 is 1.78. The van der Waals surface area contributed by atoms with Crippen molar-refractivity contribution in [2.24, 2.45) is 12.8 Å². The van der Waals surface area contributed by atoms with Gasteiger partial charge in [-0.1, -0.05) is 6.92 Å². The first-order chi connectivity index (χ1) is 9.99. The van der Waals surface area contributed by atoms with Crippen LogP contribution in [-0.2, 0) is 7.05 Å². The van der Waals surface area contributed by atoms with E-state index in [1.807, 2.05) is 25.8 Å². The van der Waals surface area contributed by atoms with Crippen LogP contribution in [-0.4, -0.2) is 64.3 Å². The van der Waals surface area contributed by atoms with Gasteiger partial charge in [-0.3, -0.25) is 14.4 Å². The summed E-state index contributed by atoms with van der Waals surface area (Å²) in [7, 11) is 1.88. The number of carbonyl (C=O) groups excluding carboxylic acids is 1. The van der Waals surface area contributed by atoms with Crippen molar-refractivity contribution in [3.63, 3.8) is 0 Å². The topological polar surface area (TPSA) is 67.4 Å². The van der Waals surface area contributed by atoms with Gasteiger partial charge >= 0.3 is 0 Å². The second-order valence-electron chi connectivity index (χ2n) is 5.80. The fraction of sp³-hybridized carbons (Fsp3) is 0.733. The molecule has 1 aromatic heterocycles. The maximum Gasteiger partial charge on any atom is 0.257 e. The van der Waals surface area contributed by atoms with Crippen molar-refractivity contribution in [3.05, 3.63) is 17.0 Å². The molecule has 0 saturated carbocycles. The first kappa shape index (κ1) is 16.0. The van der Waals surface area contributed by atoms with E-state index in [2.05, 4.69) is 16.9 Å². The number of amides is 1. The van der Waals surface area contributed by atoms with Crippen molar-refractivity contribution in [3.8, 4) is 0 Å². The first-order valence-corrected chi connectivity index (χ1v) is 7.73. The number of aryl methyl sites for hydroxylation is 2. The van der Waals surface area contributed by atoms with E-state index in [1.54, 1.807) is 4.68 Å². The normalized spacial score (nSPS) is 18.0. The highest BCUT2D eigenvalue weighted by atomic mass is 16.2. The molecule has 2 rings (SSSR count). The number of nitrogens with zero attached hydrogens (tertiary/aromatic N) is 4. The number of aromatic nitrogens is 2. The third-order valence-electron chi connectivity index (χ3n) is 4.58. The van der Waals surface area contributed by atoms with Crippen LogP contribution in [0, 0.1) is 13.8 Å². The third-order valence-corrected chi connectivity index (χ3v) is 4.58. The highest BCUT2D eigenvalue weighted by molar-refractivity contribution is 5.96. The molecule has 6 heteroatoms. The fourth-order valence-electron chi connectivity index (χ4n) is 3.11. The van der Waals surface area contributed by atoms with E-state index in [1.165, 1.54) is 0 Å². The first-order valence-electron chi connectivity index (χ1n) is 7.73. The van der Waals surface area contributed by atoms with E-state index in [0.717, 1.165) is 49.6 Å². The van der Waals surface area contributed by atoms with Crippen LogP contribution in [0.4, 0.5) is 0 Å². The summed E-state index contributed by atoms with van der Waals surface area (Å²) in [5.74, 6) is 0.110. The Morgan fingerprint density at radius 2 is 1.90 bits per heavy atom. The van der Waals surface area contributed by atoms with Gasteiger partial charge in [0.15, 0.2) is 0 Å². The molecular weight excluding hydrogens is 266 g/mol. The van der Waals surface area contributed by atoms with Crippen LogP contribution in [0.3, 0.4) is 0 Å². The second-order valence-corrected chi connectivity index (χ2v) is 5.80. The number of hydrogen-bond acceptors (Lipinski definition) is 4. The summed E-state index contributed by atoms with van der Waals surface area (Å²) in [6.07, 6.45) is 1.06. The largest absolute Gasteiger partial charge is 0.336 e. The zero-order chi connectivity index (χ0) is 15.6. The molecule has 21 heavy (non-hydrogen) atoms. The van der Waals surface area contributed by atoms with Crippen LogP contribution in [0.2, 0.25) is 0 Å². The summed E-state index contributed by atoms with van der Waals surface area (Å²) in [6, 6.07) is 0.434. The molecule has 0 aliphatic carbocycles. The fourth-order valence-corrected chi connectivity index (χ4v) is 3.11. The smallest absolute Gasteiger partial charge is 0.257 e. The number of nitrogens with two attached hydrogens (primary N) is 1. The number of piperazine rings is 1. The molecule has 1 aromatic rings. The van der Waals surface area contributed by atoms with Gasteiger partial charge in [0.05, 0.1) is 11.3 Å². The molecule has 1 amide bonds. The predicted octanol–water partition coefficient (Wildman–Crippen LogP) is 0.532. The summed E-state index contributed by atoms with van der Waals surface area (Å²) in [5.41, 5.74) is 8.32. The van der Waals surface area contributed by atoms with E-state index in [-0.39, 0.29) is 5.91 Å². The number of carbonyl (C=O) groups is 1. The molecule has 1 atom stereocenters. The molecule has 0 radical (unpaired) electrons. The lowest BCUT2D eigenvalue weighted by atomic mass is 10.1. The standard InChI is InChI=1S/C15H27N5O/c1-5-13(10-16)19-6-8-20(9-7-19)15(21)14-11(2)17-18(4)12(14)3/h13H,5-10,16H2,1-4H3. The van der Waals surface area contributed by atoms with Gasteiger partial charge in [0.2, 0.25) is 0 Å². The van der Waals surface area contributed by atoms with Crippen molar-refractivity contribution in [2.75, 3.05) is 32.7 Å². The average molecular weight is 293 g/mol. The Kier molecular flexibility index (Phi) is 5.00. The zero-order valence-electron chi connectivity index (χ0n) is 13.6. The van der Waals surface area contributed by atoms with E-state index in [9.17, 15) is 4.79 Å². The lowest BCUT2D eigenvalue weighted by Crippen LogP contribution is -2.53. The van der Waals surface area contributed by atoms with Gasteiger partial charge in [0, 0.05) is 51.5 Å². The Bertz CT molecular complexity index is 498. The minimum absolute atomic E-state index is 0.110. The quantitative estimate of drug-likeness (QED) is 0.879. The van der Waals surface area contributed by atoms with E-state index in [0.29, 0.717) is 12.6 Å². The highest BCUT2D eigenvalue weighted by Gasteiger charge is 2.28.